The predicted molar refractivity (Wildman–Crippen MR) is 104 cm³/mol. The number of carbonyl (C=O) groups is 2. The maximum absolute atomic E-state index is 12.0. The Labute approximate surface area is 157 Å². The quantitative estimate of drug-likeness (QED) is 0.701. The van der Waals surface area contributed by atoms with Crippen molar-refractivity contribution in [3.63, 3.8) is 0 Å². The number of hydrogen-bond donors (Lipinski definition) is 3. The van der Waals surface area contributed by atoms with Gasteiger partial charge in [-0.15, -0.1) is 0 Å². The van der Waals surface area contributed by atoms with E-state index in [1.165, 1.54) is 0 Å². The highest BCUT2D eigenvalue weighted by Gasteiger charge is 2.17. The number of carbonyl (C=O) groups excluding carboxylic acids is 2. The van der Waals surface area contributed by atoms with Crippen LogP contribution >= 0.6 is 11.6 Å². The van der Waals surface area contributed by atoms with Gasteiger partial charge in [-0.25, -0.2) is 0 Å². The Bertz CT molecular complexity index is 791. The van der Waals surface area contributed by atoms with E-state index >= 15 is 0 Å². The Morgan fingerprint density at radius 2 is 1.77 bits per heavy atom. The molecule has 0 fully saturated rings. The standard InChI is InChI=1S/C19H22ClN3O3/c1-12-4-7-14(20)10-16(12)22-19(26)18(25)21-11-17(24)13-5-8-15(9-6-13)23(2)3/h4-10,17,24H,11H2,1-3H3,(H,21,25)(H,22,26). The molecule has 7 heteroatoms. The molecular weight excluding hydrogens is 354 g/mol. The third-order valence-electron chi connectivity index (χ3n) is 3.90. The number of nitrogens with one attached hydrogen (secondary N) is 2. The fourth-order valence-electron chi connectivity index (χ4n) is 2.29. The molecule has 0 aliphatic rings. The molecule has 2 aromatic carbocycles. The van der Waals surface area contributed by atoms with Crippen LogP contribution in [0.1, 0.15) is 17.2 Å². The lowest BCUT2D eigenvalue weighted by atomic mass is 10.1. The largest absolute Gasteiger partial charge is 0.387 e. The normalized spacial score (nSPS) is 11.6. The minimum atomic E-state index is -0.907. The number of halogens is 1. The summed E-state index contributed by atoms with van der Waals surface area (Å²) in [4.78, 5) is 25.9. The number of aryl methyl sites for hydroxylation is 1. The molecule has 26 heavy (non-hydrogen) atoms. The van der Waals surface area contributed by atoms with E-state index in [4.69, 9.17) is 11.6 Å². The molecule has 0 radical (unpaired) electrons. The van der Waals surface area contributed by atoms with Crippen molar-refractivity contribution in [2.24, 2.45) is 0 Å². The van der Waals surface area contributed by atoms with Gasteiger partial charge in [-0.1, -0.05) is 29.8 Å². The van der Waals surface area contributed by atoms with E-state index in [9.17, 15) is 14.7 Å². The van der Waals surface area contributed by atoms with Crippen molar-refractivity contribution in [2.75, 3.05) is 30.9 Å². The molecule has 0 spiro atoms. The van der Waals surface area contributed by atoms with Gasteiger partial charge in [0.2, 0.25) is 0 Å². The highest BCUT2D eigenvalue weighted by Crippen LogP contribution is 2.20. The molecule has 1 atom stereocenters. The molecular formula is C19H22ClN3O3. The Morgan fingerprint density at radius 3 is 2.38 bits per heavy atom. The van der Waals surface area contributed by atoms with Crippen molar-refractivity contribution in [1.29, 1.82) is 0 Å². The van der Waals surface area contributed by atoms with Crippen molar-refractivity contribution in [1.82, 2.24) is 5.32 Å². The average molecular weight is 376 g/mol. The Morgan fingerprint density at radius 1 is 1.12 bits per heavy atom. The number of rotatable bonds is 5. The molecule has 0 aliphatic heterocycles. The molecule has 0 saturated heterocycles. The van der Waals surface area contributed by atoms with Crippen LogP contribution in [0.4, 0.5) is 11.4 Å². The number of benzene rings is 2. The number of nitrogens with zero attached hydrogens (tertiary/aromatic N) is 1. The number of hydrogen-bond acceptors (Lipinski definition) is 4. The second-order valence-electron chi connectivity index (χ2n) is 6.13. The lowest BCUT2D eigenvalue weighted by Gasteiger charge is -2.16. The zero-order valence-corrected chi connectivity index (χ0v) is 15.7. The summed E-state index contributed by atoms with van der Waals surface area (Å²) in [6.07, 6.45) is -0.907. The van der Waals surface area contributed by atoms with E-state index in [-0.39, 0.29) is 6.54 Å². The Hall–Kier alpha value is -2.57. The number of aliphatic hydroxyl groups excluding tert-OH is 1. The first-order valence-corrected chi connectivity index (χ1v) is 8.46. The van der Waals surface area contributed by atoms with Gasteiger partial charge in [0, 0.05) is 37.0 Å². The molecule has 1 unspecified atom stereocenters. The van der Waals surface area contributed by atoms with Crippen LogP contribution in [0.25, 0.3) is 0 Å². The summed E-state index contributed by atoms with van der Waals surface area (Å²) in [6.45, 7) is 1.73. The molecule has 2 aromatic rings. The molecule has 2 rings (SSSR count). The molecule has 0 aromatic heterocycles. The first-order chi connectivity index (χ1) is 12.3. The second kappa shape index (κ2) is 8.69. The topological polar surface area (TPSA) is 81.7 Å². The van der Waals surface area contributed by atoms with Crippen LogP contribution in [0.2, 0.25) is 5.02 Å². The highest BCUT2D eigenvalue weighted by atomic mass is 35.5. The molecule has 138 valence electrons. The van der Waals surface area contributed by atoms with Gasteiger partial charge >= 0.3 is 11.8 Å². The van der Waals surface area contributed by atoms with Gasteiger partial charge in [0.05, 0.1) is 6.10 Å². The summed E-state index contributed by atoms with van der Waals surface area (Å²) in [6, 6.07) is 12.3. The molecule has 0 heterocycles. The molecule has 6 nitrogen and oxygen atoms in total. The van der Waals surface area contributed by atoms with E-state index in [1.54, 1.807) is 37.3 Å². The SMILES string of the molecule is Cc1ccc(Cl)cc1NC(=O)C(=O)NCC(O)c1ccc(N(C)C)cc1. The van der Waals surface area contributed by atoms with E-state index in [2.05, 4.69) is 10.6 Å². The predicted octanol–water partition coefficient (Wildman–Crippen LogP) is 2.50. The van der Waals surface area contributed by atoms with Crippen LogP contribution in [-0.2, 0) is 9.59 Å². The second-order valence-corrected chi connectivity index (χ2v) is 6.56. The lowest BCUT2D eigenvalue weighted by molar-refractivity contribution is -0.136. The Kier molecular flexibility index (Phi) is 6.60. The lowest BCUT2D eigenvalue weighted by Crippen LogP contribution is -2.37. The van der Waals surface area contributed by atoms with Crippen LogP contribution in [0.15, 0.2) is 42.5 Å². The summed E-state index contributed by atoms with van der Waals surface area (Å²) in [5.74, 6) is -1.64. The van der Waals surface area contributed by atoms with Gasteiger partial charge in [0.25, 0.3) is 0 Å². The number of anilines is 2. The van der Waals surface area contributed by atoms with E-state index in [0.29, 0.717) is 16.3 Å². The molecule has 0 bridgehead atoms. The summed E-state index contributed by atoms with van der Waals surface area (Å²) in [7, 11) is 3.85. The summed E-state index contributed by atoms with van der Waals surface area (Å²) < 4.78 is 0. The van der Waals surface area contributed by atoms with Crippen molar-refractivity contribution in [2.45, 2.75) is 13.0 Å². The zero-order valence-electron chi connectivity index (χ0n) is 14.9. The van der Waals surface area contributed by atoms with Gasteiger partial charge in [-0.2, -0.15) is 0 Å². The van der Waals surface area contributed by atoms with Gasteiger partial charge < -0.3 is 20.6 Å². The molecule has 0 saturated carbocycles. The van der Waals surface area contributed by atoms with Crippen LogP contribution in [0, 0.1) is 6.92 Å². The van der Waals surface area contributed by atoms with Crippen molar-refractivity contribution in [3.05, 3.63) is 58.6 Å². The van der Waals surface area contributed by atoms with Crippen LogP contribution in [0.5, 0.6) is 0 Å². The van der Waals surface area contributed by atoms with Crippen LogP contribution < -0.4 is 15.5 Å². The van der Waals surface area contributed by atoms with E-state index in [1.807, 2.05) is 31.1 Å². The van der Waals surface area contributed by atoms with Gasteiger partial charge in [0.15, 0.2) is 0 Å². The van der Waals surface area contributed by atoms with Crippen molar-refractivity contribution < 1.29 is 14.7 Å². The van der Waals surface area contributed by atoms with Gasteiger partial charge in [-0.3, -0.25) is 9.59 Å². The smallest absolute Gasteiger partial charge is 0.313 e. The molecule has 0 aliphatic carbocycles. The monoisotopic (exact) mass is 375 g/mol. The minimum Gasteiger partial charge on any atom is -0.387 e. The summed E-state index contributed by atoms with van der Waals surface area (Å²) in [5.41, 5.74) is 2.91. The van der Waals surface area contributed by atoms with Crippen molar-refractivity contribution >= 4 is 34.8 Å². The Balaban J connectivity index is 1.90. The fraction of sp³-hybridized carbons (Fsp3) is 0.263. The van der Waals surface area contributed by atoms with Gasteiger partial charge in [0.1, 0.15) is 0 Å². The van der Waals surface area contributed by atoms with Crippen LogP contribution in [0.3, 0.4) is 0 Å². The van der Waals surface area contributed by atoms with Gasteiger partial charge in [-0.05, 0) is 42.3 Å². The maximum Gasteiger partial charge on any atom is 0.313 e. The van der Waals surface area contributed by atoms with E-state index < -0.39 is 17.9 Å². The average Bonchev–Trinajstić information content (AvgIpc) is 2.62. The fourth-order valence-corrected chi connectivity index (χ4v) is 2.46. The molecule has 3 N–H and O–H groups in total. The minimum absolute atomic E-state index is 0.0674. The number of amides is 2. The first-order valence-electron chi connectivity index (χ1n) is 8.08. The third-order valence-corrected chi connectivity index (χ3v) is 4.14. The molecule has 2 amide bonds. The first kappa shape index (κ1) is 19.8. The highest BCUT2D eigenvalue weighted by molar-refractivity contribution is 6.40. The third kappa shape index (κ3) is 5.21. The summed E-state index contributed by atoms with van der Waals surface area (Å²) in [5, 5.41) is 15.6. The maximum atomic E-state index is 12.0. The number of aliphatic hydroxyl groups is 1. The summed E-state index contributed by atoms with van der Waals surface area (Å²) >= 11 is 5.89. The van der Waals surface area contributed by atoms with Crippen molar-refractivity contribution in [3.8, 4) is 0 Å². The zero-order chi connectivity index (χ0) is 19.3. The van der Waals surface area contributed by atoms with Crippen LogP contribution in [-0.4, -0.2) is 37.6 Å². The van der Waals surface area contributed by atoms with E-state index in [0.717, 1.165) is 11.3 Å².